The molecule has 2 saturated carbocycles. The predicted molar refractivity (Wildman–Crippen MR) is 108 cm³/mol. The Morgan fingerprint density at radius 3 is 2.46 bits per heavy atom. The van der Waals surface area contributed by atoms with E-state index in [-0.39, 0.29) is 17.7 Å². The number of nitrogens with zero attached hydrogens (tertiary/aromatic N) is 2. The van der Waals surface area contributed by atoms with Crippen LogP contribution in [-0.4, -0.2) is 41.4 Å². The van der Waals surface area contributed by atoms with E-state index in [2.05, 4.69) is 16.3 Å². The minimum Gasteiger partial charge on any atom is -0.369 e. The molecule has 2 atom stereocenters. The maximum Gasteiger partial charge on any atom is 0.225 e. The number of rotatable bonds is 6. The monoisotopic (exact) mass is 387 g/mol. The van der Waals surface area contributed by atoms with Crippen LogP contribution >= 0.6 is 0 Å². The Balaban J connectivity index is 1.46. The minimum absolute atomic E-state index is 0.0181. The van der Waals surface area contributed by atoms with Crippen LogP contribution in [-0.2, 0) is 9.59 Å². The topological polar surface area (TPSA) is 99.2 Å². The summed E-state index contributed by atoms with van der Waals surface area (Å²) >= 11 is 0. The molecule has 0 bridgehead atoms. The third-order valence-electron chi connectivity index (χ3n) is 7.15. The number of piperidine rings is 1. The summed E-state index contributed by atoms with van der Waals surface area (Å²) in [6.45, 7) is 1.57. The molecule has 1 aliphatic heterocycles. The lowest BCUT2D eigenvalue weighted by atomic mass is 9.82. The second kappa shape index (κ2) is 9.73. The van der Waals surface area contributed by atoms with Crippen LogP contribution in [0.2, 0.25) is 0 Å². The summed E-state index contributed by atoms with van der Waals surface area (Å²) in [5.41, 5.74) is 4.75. The molecule has 2 aliphatic carbocycles. The number of nitriles is 1. The molecule has 3 N–H and O–H groups in total. The first-order valence-corrected chi connectivity index (χ1v) is 11.1. The Bertz CT molecular complexity index is 586. The van der Waals surface area contributed by atoms with E-state index in [4.69, 9.17) is 5.73 Å². The fourth-order valence-corrected chi connectivity index (χ4v) is 5.27. The van der Waals surface area contributed by atoms with Gasteiger partial charge in [-0.2, -0.15) is 5.26 Å². The van der Waals surface area contributed by atoms with Gasteiger partial charge in [0.05, 0.1) is 6.07 Å². The Morgan fingerprint density at radius 2 is 1.82 bits per heavy atom. The molecule has 1 radical (unpaired) electrons. The van der Waals surface area contributed by atoms with Gasteiger partial charge in [-0.15, -0.1) is 0 Å². The number of nitrogens with two attached hydrogens (primary N) is 1. The molecule has 0 aromatic rings. The molecule has 6 heteroatoms. The summed E-state index contributed by atoms with van der Waals surface area (Å²) in [5, 5.41) is 12.8. The summed E-state index contributed by atoms with van der Waals surface area (Å²) in [7, 11) is 0. The standard InChI is InChI=1S/C22H35N4O2/c23-16-22(25-20(27)10-9-17-5-2-1-3-6-17)11-13-26(14-12-22)19-8-4-7-18(15-19)21(24)28/h10,17-19H,1-9,11-15H2,(H2,24,28)(H,25,27). The van der Waals surface area contributed by atoms with Gasteiger partial charge in [0.1, 0.15) is 5.54 Å². The third kappa shape index (κ3) is 5.47. The third-order valence-corrected chi connectivity index (χ3v) is 7.15. The summed E-state index contributed by atoms with van der Waals surface area (Å²) < 4.78 is 0. The number of hydrogen-bond acceptors (Lipinski definition) is 4. The predicted octanol–water partition coefficient (Wildman–Crippen LogP) is 2.68. The highest BCUT2D eigenvalue weighted by molar-refractivity contribution is 5.85. The first kappa shape index (κ1) is 21.1. The number of hydrogen-bond donors (Lipinski definition) is 2. The van der Waals surface area contributed by atoms with Gasteiger partial charge in [0, 0.05) is 31.5 Å². The van der Waals surface area contributed by atoms with Crippen molar-refractivity contribution in [3.8, 4) is 6.07 Å². The van der Waals surface area contributed by atoms with E-state index in [0.717, 1.165) is 45.2 Å². The smallest absolute Gasteiger partial charge is 0.225 e. The van der Waals surface area contributed by atoms with Crippen LogP contribution in [0.1, 0.15) is 77.0 Å². The number of amides is 2. The number of nitrogens with one attached hydrogen (secondary N) is 1. The molecule has 3 fully saturated rings. The van der Waals surface area contributed by atoms with Gasteiger partial charge in [-0.1, -0.05) is 38.5 Å². The van der Waals surface area contributed by atoms with E-state index in [1.165, 1.54) is 32.1 Å². The lowest BCUT2D eigenvalue weighted by Gasteiger charge is -2.43. The zero-order valence-corrected chi connectivity index (χ0v) is 17.0. The summed E-state index contributed by atoms with van der Waals surface area (Å²) in [6, 6.07) is 2.76. The number of carbonyl (C=O) groups is 2. The second-order valence-corrected chi connectivity index (χ2v) is 9.08. The van der Waals surface area contributed by atoms with Crippen LogP contribution in [0.4, 0.5) is 0 Å². The molecule has 1 heterocycles. The fraction of sp³-hybridized carbons (Fsp3) is 0.818. The molecule has 0 spiro atoms. The first-order valence-electron chi connectivity index (χ1n) is 11.1. The van der Waals surface area contributed by atoms with Gasteiger partial charge in [-0.3, -0.25) is 9.59 Å². The average Bonchev–Trinajstić information content (AvgIpc) is 2.73. The molecule has 0 aromatic carbocycles. The Hall–Kier alpha value is -1.61. The van der Waals surface area contributed by atoms with Crippen molar-refractivity contribution in [2.75, 3.05) is 13.1 Å². The highest BCUT2D eigenvalue weighted by Gasteiger charge is 2.39. The SMILES string of the molecule is N#CC1(NC(=O)[CH]CC2CCCCC2)CCN(C2CCCC(C(N)=O)C2)CC1. The Labute approximate surface area is 169 Å². The van der Waals surface area contributed by atoms with Crippen LogP contribution in [0.15, 0.2) is 0 Å². The number of primary amides is 1. The normalized spacial score (nSPS) is 29.0. The zero-order valence-electron chi connectivity index (χ0n) is 17.0. The lowest BCUT2D eigenvalue weighted by molar-refractivity contribution is -0.124. The van der Waals surface area contributed by atoms with Gasteiger partial charge < -0.3 is 16.0 Å². The number of carbonyl (C=O) groups excluding carboxylic acids is 2. The van der Waals surface area contributed by atoms with E-state index in [9.17, 15) is 14.9 Å². The summed E-state index contributed by atoms with van der Waals surface area (Å²) in [4.78, 5) is 26.4. The highest BCUT2D eigenvalue weighted by Crippen LogP contribution is 2.32. The van der Waals surface area contributed by atoms with Crippen LogP contribution < -0.4 is 11.1 Å². The molecular weight excluding hydrogens is 352 g/mol. The van der Waals surface area contributed by atoms with Gasteiger partial charge >= 0.3 is 0 Å². The van der Waals surface area contributed by atoms with Gasteiger partial charge in [0.2, 0.25) is 11.8 Å². The molecule has 1 saturated heterocycles. The lowest BCUT2D eigenvalue weighted by Crippen LogP contribution is -2.56. The number of likely N-dealkylation sites (tertiary alicyclic amines) is 1. The maximum absolute atomic E-state index is 12.4. The quantitative estimate of drug-likeness (QED) is 0.732. The van der Waals surface area contributed by atoms with Gasteiger partial charge in [0.15, 0.2) is 0 Å². The van der Waals surface area contributed by atoms with E-state index >= 15 is 0 Å². The van der Waals surface area contributed by atoms with Gasteiger partial charge in [0.25, 0.3) is 0 Å². The van der Waals surface area contributed by atoms with Crippen LogP contribution in [0.3, 0.4) is 0 Å². The Kier molecular flexibility index (Phi) is 7.34. The van der Waals surface area contributed by atoms with Crippen molar-refractivity contribution in [2.45, 2.75) is 88.6 Å². The molecule has 3 aliphatic rings. The van der Waals surface area contributed by atoms with Crippen molar-refractivity contribution in [2.24, 2.45) is 17.6 Å². The van der Waals surface area contributed by atoms with E-state index in [1.807, 2.05) is 0 Å². The molecule has 6 nitrogen and oxygen atoms in total. The molecule has 28 heavy (non-hydrogen) atoms. The summed E-state index contributed by atoms with van der Waals surface area (Å²) in [5.74, 6) is 0.334. The fourth-order valence-electron chi connectivity index (χ4n) is 5.27. The van der Waals surface area contributed by atoms with Crippen LogP contribution in [0.25, 0.3) is 0 Å². The van der Waals surface area contributed by atoms with Crippen molar-refractivity contribution in [1.82, 2.24) is 10.2 Å². The van der Waals surface area contributed by atoms with Crippen LogP contribution in [0, 0.1) is 29.6 Å². The molecule has 2 amide bonds. The van der Waals surface area contributed by atoms with Crippen molar-refractivity contribution < 1.29 is 9.59 Å². The highest BCUT2D eigenvalue weighted by atomic mass is 16.2. The van der Waals surface area contributed by atoms with E-state index in [0.29, 0.717) is 24.8 Å². The van der Waals surface area contributed by atoms with E-state index in [1.54, 1.807) is 6.42 Å². The van der Waals surface area contributed by atoms with Gasteiger partial charge in [-0.05, 0) is 44.4 Å². The van der Waals surface area contributed by atoms with Crippen molar-refractivity contribution in [3.05, 3.63) is 6.42 Å². The Morgan fingerprint density at radius 1 is 1.11 bits per heavy atom. The van der Waals surface area contributed by atoms with E-state index < -0.39 is 5.54 Å². The molecule has 3 rings (SSSR count). The molecule has 0 aromatic heterocycles. The zero-order chi connectivity index (χ0) is 20.0. The largest absolute Gasteiger partial charge is 0.369 e. The van der Waals surface area contributed by atoms with Crippen molar-refractivity contribution in [3.63, 3.8) is 0 Å². The van der Waals surface area contributed by atoms with Crippen molar-refractivity contribution in [1.29, 1.82) is 5.26 Å². The van der Waals surface area contributed by atoms with Crippen molar-refractivity contribution >= 4 is 11.8 Å². The maximum atomic E-state index is 12.4. The minimum atomic E-state index is -0.756. The molecule has 2 unspecified atom stereocenters. The van der Waals surface area contributed by atoms with Gasteiger partial charge in [-0.25, -0.2) is 0 Å². The van der Waals surface area contributed by atoms with Crippen LogP contribution in [0.5, 0.6) is 0 Å². The first-order chi connectivity index (χ1) is 13.5. The second-order valence-electron chi connectivity index (χ2n) is 9.08. The summed E-state index contributed by atoms with van der Waals surface area (Å²) in [6.07, 6.45) is 14.0. The molecular formula is C22H35N4O2. The average molecular weight is 388 g/mol. The molecule has 155 valence electrons.